The van der Waals surface area contributed by atoms with Gasteiger partial charge < -0.3 is 18.6 Å². The molecular formula is C12H11NO6S. The van der Waals surface area contributed by atoms with Crippen molar-refractivity contribution in [1.82, 2.24) is 4.98 Å². The van der Waals surface area contributed by atoms with Crippen LogP contribution in [0.1, 0.15) is 21.0 Å². The zero-order valence-corrected chi connectivity index (χ0v) is 11.8. The molecule has 2 rings (SSSR count). The minimum atomic E-state index is -0.798. The van der Waals surface area contributed by atoms with Crippen LogP contribution >= 0.6 is 11.3 Å². The van der Waals surface area contributed by atoms with Gasteiger partial charge in [-0.05, 0) is 0 Å². The van der Waals surface area contributed by atoms with Crippen molar-refractivity contribution in [3.8, 4) is 16.5 Å². The molecule has 8 heteroatoms. The lowest BCUT2D eigenvalue weighted by Gasteiger charge is -1.96. The van der Waals surface area contributed by atoms with E-state index in [0.29, 0.717) is 10.6 Å². The van der Waals surface area contributed by atoms with Gasteiger partial charge in [-0.3, -0.25) is 0 Å². The van der Waals surface area contributed by atoms with Gasteiger partial charge in [-0.2, -0.15) is 0 Å². The van der Waals surface area contributed by atoms with Crippen LogP contribution in [0.15, 0.2) is 15.9 Å². The lowest BCUT2D eigenvalue weighted by Crippen LogP contribution is -2.10. The molecule has 106 valence electrons. The number of carbonyl (C=O) groups is 2. The minimum Gasteiger partial charge on any atom is -0.496 e. The van der Waals surface area contributed by atoms with Crippen LogP contribution in [0.3, 0.4) is 0 Å². The highest BCUT2D eigenvalue weighted by molar-refractivity contribution is 7.13. The van der Waals surface area contributed by atoms with E-state index in [1.807, 2.05) is 0 Å². The predicted octanol–water partition coefficient (Wildman–Crippen LogP) is 1.98. The number of esters is 2. The second-order valence-corrected chi connectivity index (χ2v) is 4.44. The van der Waals surface area contributed by atoms with Gasteiger partial charge in [0.2, 0.25) is 17.3 Å². The quantitative estimate of drug-likeness (QED) is 0.797. The van der Waals surface area contributed by atoms with Crippen LogP contribution in [0.25, 0.3) is 10.8 Å². The van der Waals surface area contributed by atoms with Crippen molar-refractivity contribution in [3.05, 3.63) is 22.9 Å². The number of oxazole rings is 1. The predicted molar refractivity (Wildman–Crippen MR) is 69.0 cm³/mol. The molecule has 0 fully saturated rings. The zero-order chi connectivity index (χ0) is 14.7. The smallest absolute Gasteiger partial charge is 0.376 e. The highest BCUT2D eigenvalue weighted by Gasteiger charge is 2.27. The fraction of sp³-hybridized carbons (Fsp3) is 0.250. The van der Waals surface area contributed by atoms with Gasteiger partial charge >= 0.3 is 11.9 Å². The first-order chi connectivity index (χ1) is 9.60. The number of hydrogen-bond donors (Lipinski definition) is 0. The average Bonchev–Trinajstić information content (AvgIpc) is 3.11. The normalized spacial score (nSPS) is 10.2. The van der Waals surface area contributed by atoms with Crippen molar-refractivity contribution in [2.24, 2.45) is 0 Å². The number of methoxy groups -OCH3 is 3. The molecule has 2 aromatic heterocycles. The van der Waals surface area contributed by atoms with Crippen molar-refractivity contribution < 1.29 is 28.2 Å². The minimum absolute atomic E-state index is 0.124. The van der Waals surface area contributed by atoms with E-state index in [4.69, 9.17) is 9.15 Å². The number of hydrogen-bond acceptors (Lipinski definition) is 8. The molecule has 2 heterocycles. The summed E-state index contributed by atoms with van der Waals surface area (Å²) in [7, 11) is 3.90. The molecule has 0 saturated heterocycles. The number of aromatic nitrogens is 1. The molecule has 0 aliphatic carbocycles. The van der Waals surface area contributed by atoms with Crippen LogP contribution in [-0.4, -0.2) is 38.3 Å². The summed E-state index contributed by atoms with van der Waals surface area (Å²) < 4.78 is 19.5. The monoisotopic (exact) mass is 297 g/mol. The molecule has 0 aromatic carbocycles. The van der Waals surface area contributed by atoms with Crippen LogP contribution < -0.4 is 4.74 Å². The van der Waals surface area contributed by atoms with E-state index in [9.17, 15) is 9.59 Å². The van der Waals surface area contributed by atoms with Crippen LogP contribution in [-0.2, 0) is 9.47 Å². The molecule has 7 nitrogen and oxygen atoms in total. The standard InChI is InChI=1S/C12H11NO6S/c1-16-6-4-7(20-5-6)10-13-8(11(14)17-2)9(19-10)12(15)18-3/h4-5H,1-3H3. The Hall–Kier alpha value is -2.35. The van der Waals surface area contributed by atoms with Gasteiger partial charge in [-0.25, -0.2) is 14.6 Å². The van der Waals surface area contributed by atoms with E-state index in [2.05, 4.69) is 14.5 Å². The van der Waals surface area contributed by atoms with Gasteiger partial charge in [0.15, 0.2) is 0 Å². The average molecular weight is 297 g/mol. The zero-order valence-electron chi connectivity index (χ0n) is 11.0. The molecule has 0 aliphatic heterocycles. The van der Waals surface area contributed by atoms with Gasteiger partial charge in [-0.1, -0.05) is 0 Å². The first kappa shape index (κ1) is 14.1. The molecule has 0 radical (unpaired) electrons. The van der Waals surface area contributed by atoms with E-state index >= 15 is 0 Å². The van der Waals surface area contributed by atoms with Gasteiger partial charge in [0.05, 0.1) is 26.2 Å². The summed E-state index contributed by atoms with van der Waals surface area (Å²) in [6.45, 7) is 0. The largest absolute Gasteiger partial charge is 0.496 e. The van der Waals surface area contributed by atoms with Crippen molar-refractivity contribution in [3.63, 3.8) is 0 Å². The van der Waals surface area contributed by atoms with E-state index in [1.165, 1.54) is 32.7 Å². The van der Waals surface area contributed by atoms with E-state index in [-0.39, 0.29) is 17.3 Å². The van der Waals surface area contributed by atoms with Gasteiger partial charge in [-0.15, -0.1) is 11.3 Å². The number of carbonyl (C=O) groups excluding carboxylic acids is 2. The first-order valence-corrected chi connectivity index (χ1v) is 6.29. The van der Waals surface area contributed by atoms with Crippen LogP contribution in [0, 0.1) is 0 Å². The summed E-state index contributed by atoms with van der Waals surface area (Å²) in [5.41, 5.74) is -0.221. The van der Waals surface area contributed by atoms with Crippen LogP contribution in [0.4, 0.5) is 0 Å². The number of thiophene rings is 1. The molecule has 0 aliphatic rings. The second-order valence-electron chi connectivity index (χ2n) is 3.53. The fourth-order valence-corrected chi connectivity index (χ4v) is 2.21. The Bertz CT molecular complexity index is 611. The maximum absolute atomic E-state index is 11.6. The molecule has 0 amide bonds. The van der Waals surface area contributed by atoms with E-state index < -0.39 is 11.9 Å². The van der Waals surface area contributed by atoms with E-state index in [1.54, 1.807) is 11.4 Å². The Morgan fingerprint density at radius 3 is 2.45 bits per heavy atom. The van der Waals surface area contributed by atoms with Crippen molar-refractivity contribution in [1.29, 1.82) is 0 Å². The Morgan fingerprint density at radius 1 is 1.20 bits per heavy atom. The Labute approximate surface area is 118 Å². The molecule has 0 bridgehead atoms. The third-order valence-electron chi connectivity index (χ3n) is 2.40. The Balaban J connectivity index is 2.47. The molecule has 0 spiro atoms. The van der Waals surface area contributed by atoms with Gasteiger partial charge in [0.1, 0.15) is 5.75 Å². The van der Waals surface area contributed by atoms with Crippen molar-refractivity contribution >= 4 is 23.3 Å². The highest BCUT2D eigenvalue weighted by atomic mass is 32.1. The van der Waals surface area contributed by atoms with E-state index in [0.717, 1.165) is 0 Å². The summed E-state index contributed by atoms with van der Waals surface area (Å²) >= 11 is 1.30. The third-order valence-corrected chi connectivity index (χ3v) is 3.30. The summed E-state index contributed by atoms with van der Waals surface area (Å²) in [4.78, 5) is 27.8. The Morgan fingerprint density at radius 2 is 1.90 bits per heavy atom. The van der Waals surface area contributed by atoms with Crippen LogP contribution in [0.2, 0.25) is 0 Å². The maximum Gasteiger partial charge on any atom is 0.376 e. The lowest BCUT2D eigenvalue weighted by atomic mass is 10.3. The van der Waals surface area contributed by atoms with Crippen LogP contribution in [0.5, 0.6) is 5.75 Å². The Kier molecular flexibility index (Phi) is 4.04. The number of rotatable bonds is 4. The topological polar surface area (TPSA) is 87.9 Å². The van der Waals surface area contributed by atoms with Crippen molar-refractivity contribution in [2.75, 3.05) is 21.3 Å². The molecule has 0 saturated carbocycles. The lowest BCUT2D eigenvalue weighted by molar-refractivity contribution is 0.0527. The second kappa shape index (κ2) is 5.74. The molecule has 0 atom stereocenters. The number of ether oxygens (including phenoxy) is 3. The summed E-state index contributed by atoms with van der Waals surface area (Å²) in [6.07, 6.45) is 0. The summed E-state index contributed by atoms with van der Waals surface area (Å²) in [5, 5.41) is 1.75. The molecule has 0 unspecified atom stereocenters. The maximum atomic E-state index is 11.6. The summed E-state index contributed by atoms with van der Waals surface area (Å²) in [6, 6.07) is 1.68. The molecule has 0 N–H and O–H groups in total. The molecular weight excluding hydrogens is 286 g/mol. The molecule has 2 aromatic rings. The highest BCUT2D eigenvalue weighted by Crippen LogP contribution is 2.32. The first-order valence-electron chi connectivity index (χ1n) is 5.41. The summed E-state index contributed by atoms with van der Waals surface area (Å²) in [5.74, 6) is -1.11. The van der Waals surface area contributed by atoms with Gasteiger partial charge in [0.25, 0.3) is 0 Å². The molecule has 20 heavy (non-hydrogen) atoms. The van der Waals surface area contributed by atoms with Gasteiger partial charge in [0, 0.05) is 11.4 Å². The SMILES string of the molecule is COC(=O)c1nc(-c2cc(OC)cs2)oc1C(=O)OC. The van der Waals surface area contributed by atoms with Crippen molar-refractivity contribution in [2.45, 2.75) is 0 Å². The number of nitrogens with zero attached hydrogens (tertiary/aromatic N) is 1. The third kappa shape index (κ3) is 2.50. The fourth-order valence-electron chi connectivity index (χ4n) is 1.43.